The van der Waals surface area contributed by atoms with E-state index in [1.165, 1.54) is 0 Å². The van der Waals surface area contributed by atoms with Crippen LogP contribution in [0.3, 0.4) is 0 Å². The Morgan fingerprint density at radius 3 is 2.68 bits per heavy atom. The molecule has 0 spiro atoms. The predicted molar refractivity (Wildman–Crippen MR) is 72.5 cm³/mol. The summed E-state index contributed by atoms with van der Waals surface area (Å²) >= 11 is 0. The van der Waals surface area contributed by atoms with Gasteiger partial charge in [-0.05, 0) is 18.6 Å². The molecule has 0 fully saturated rings. The lowest BCUT2D eigenvalue weighted by atomic mass is 10.2. The van der Waals surface area contributed by atoms with E-state index < -0.39 is 6.10 Å². The van der Waals surface area contributed by atoms with Crippen LogP contribution < -0.4 is 14.8 Å². The molecule has 0 saturated heterocycles. The molecule has 5 nitrogen and oxygen atoms in total. The quantitative estimate of drug-likeness (QED) is 0.579. The second-order valence-corrected chi connectivity index (χ2v) is 4.47. The number of quaternary nitrogens is 1. The maximum atomic E-state index is 9.81. The number of methoxy groups -OCH3 is 1. The van der Waals surface area contributed by atoms with Gasteiger partial charge in [0, 0.05) is 6.07 Å². The van der Waals surface area contributed by atoms with Gasteiger partial charge in [0.05, 0.1) is 13.7 Å². The van der Waals surface area contributed by atoms with Gasteiger partial charge in [0.25, 0.3) is 0 Å². The summed E-state index contributed by atoms with van der Waals surface area (Å²) in [4.78, 5) is 0. The van der Waals surface area contributed by atoms with Crippen LogP contribution in [0.1, 0.15) is 13.3 Å². The van der Waals surface area contributed by atoms with Crippen molar-refractivity contribution in [3.05, 3.63) is 24.3 Å². The molecule has 1 rings (SSSR count). The van der Waals surface area contributed by atoms with Gasteiger partial charge < -0.3 is 25.0 Å². The van der Waals surface area contributed by atoms with Gasteiger partial charge in [0.2, 0.25) is 0 Å². The van der Waals surface area contributed by atoms with Crippen LogP contribution in [0.2, 0.25) is 0 Å². The van der Waals surface area contributed by atoms with Crippen LogP contribution in [0.25, 0.3) is 0 Å². The van der Waals surface area contributed by atoms with Gasteiger partial charge in [-0.1, -0.05) is 13.0 Å². The SMILES string of the molecule is CC[C@H](CO)[NH2+]C[C@H](O)COc1cccc(OC)c1. The molecule has 5 heteroatoms. The van der Waals surface area contributed by atoms with Gasteiger partial charge in [-0.3, -0.25) is 0 Å². The minimum atomic E-state index is -0.563. The number of rotatable bonds is 9. The number of ether oxygens (including phenoxy) is 2. The van der Waals surface area contributed by atoms with E-state index in [1.807, 2.05) is 30.4 Å². The Morgan fingerprint density at radius 2 is 2.05 bits per heavy atom. The first-order valence-corrected chi connectivity index (χ1v) is 6.58. The summed E-state index contributed by atoms with van der Waals surface area (Å²) in [6, 6.07) is 7.42. The Hall–Kier alpha value is -1.30. The summed E-state index contributed by atoms with van der Waals surface area (Å²) in [6.45, 7) is 2.88. The highest BCUT2D eigenvalue weighted by molar-refractivity contribution is 5.32. The molecule has 0 heterocycles. The molecule has 19 heavy (non-hydrogen) atoms. The van der Waals surface area contributed by atoms with E-state index in [-0.39, 0.29) is 19.3 Å². The number of hydrogen-bond donors (Lipinski definition) is 3. The van der Waals surface area contributed by atoms with E-state index in [0.717, 1.165) is 12.2 Å². The monoisotopic (exact) mass is 270 g/mol. The Morgan fingerprint density at radius 1 is 1.32 bits per heavy atom. The maximum absolute atomic E-state index is 9.81. The topological polar surface area (TPSA) is 75.5 Å². The molecule has 4 N–H and O–H groups in total. The van der Waals surface area contributed by atoms with Crippen LogP contribution >= 0.6 is 0 Å². The summed E-state index contributed by atoms with van der Waals surface area (Å²) in [5.74, 6) is 1.40. The smallest absolute Gasteiger partial charge is 0.137 e. The standard InChI is InChI=1S/C14H23NO4/c1-3-11(9-16)15-8-12(17)10-19-14-6-4-5-13(7-14)18-2/h4-7,11-12,15-17H,3,8-10H2,1-2H3/p+1/t11-,12+/m1/s1. The predicted octanol–water partition coefficient (Wildman–Crippen LogP) is -0.231. The highest BCUT2D eigenvalue weighted by Gasteiger charge is 2.12. The molecule has 0 saturated carbocycles. The number of aliphatic hydroxyl groups excluding tert-OH is 2. The lowest BCUT2D eigenvalue weighted by molar-refractivity contribution is -0.696. The van der Waals surface area contributed by atoms with Crippen molar-refractivity contribution in [3.8, 4) is 11.5 Å². The zero-order chi connectivity index (χ0) is 14.1. The van der Waals surface area contributed by atoms with Crippen LogP contribution in [0.4, 0.5) is 0 Å². The Balaban J connectivity index is 2.31. The summed E-state index contributed by atoms with van der Waals surface area (Å²) < 4.78 is 10.6. The lowest BCUT2D eigenvalue weighted by Gasteiger charge is -2.15. The van der Waals surface area contributed by atoms with Crippen LogP contribution in [-0.2, 0) is 0 Å². The zero-order valence-electron chi connectivity index (χ0n) is 11.6. The van der Waals surface area contributed by atoms with E-state index in [0.29, 0.717) is 12.3 Å². The first-order valence-electron chi connectivity index (χ1n) is 6.58. The van der Waals surface area contributed by atoms with Crippen LogP contribution in [0, 0.1) is 0 Å². The van der Waals surface area contributed by atoms with Crippen molar-refractivity contribution in [1.29, 1.82) is 0 Å². The zero-order valence-corrected chi connectivity index (χ0v) is 11.6. The highest BCUT2D eigenvalue weighted by Crippen LogP contribution is 2.18. The molecule has 2 atom stereocenters. The van der Waals surface area contributed by atoms with Crippen LogP contribution in [0.5, 0.6) is 11.5 Å². The van der Waals surface area contributed by atoms with Crippen molar-refractivity contribution < 1.29 is 25.0 Å². The van der Waals surface area contributed by atoms with Gasteiger partial charge in [-0.25, -0.2) is 0 Å². The van der Waals surface area contributed by atoms with Crippen molar-refractivity contribution in [2.24, 2.45) is 0 Å². The van der Waals surface area contributed by atoms with Crippen LogP contribution in [0.15, 0.2) is 24.3 Å². The van der Waals surface area contributed by atoms with Gasteiger partial charge in [-0.2, -0.15) is 0 Å². The molecule has 0 radical (unpaired) electrons. The van der Waals surface area contributed by atoms with Crippen molar-refractivity contribution in [2.75, 3.05) is 26.9 Å². The van der Waals surface area contributed by atoms with E-state index in [2.05, 4.69) is 0 Å². The minimum absolute atomic E-state index is 0.125. The second-order valence-electron chi connectivity index (χ2n) is 4.47. The molecule has 0 aliphatic carbocycles. The summed E-state index contributed by atoms with van der Waals surface area (Å²) in [7, 11) is 1.60. The van der Waals surface area contributed by atoms with Crippen molar-refractivity contribution in [1.82, 2.24) is 0 Å². The van der Waals surface area contributed by atoms with Crippen LogP contribution in [-0.4, -0.2) is 49.2 Å². The largest absolute Gasteiger partial charge is 0.497 e. The molecule has 0 amide bonds. The molecule has 0 unspecified atom stereocenters. The first kappa shape index (κ1) is 15.8. The fraction of sp³-hybridized carbons (Fsp3) is 0.571. The number of hydrogen-bond acceptors (Lipinski definition) is 4. The van der Waals surface area contributed by atoms with Gasteiger partial charge in [0.15, 0.2) is 0 Å². The molecule has 0 aliphatic heterocycles. The number of benzene rings is 1. The van der Waals surface area contributed by atoms with E-state index in [1.54, 1.807) is 13.2 Å². The number of nitrogens with two attached hydrogens (primary N) is 1. The Kier molecular flexibility index (Phi) is 7.25. The summed E-state index contributed by atoms with van der Waals surface area (Å²) in [5.41, 5.74) is 0. The lowest BCUT2D eigenvalue weighted by Crippen LogP contribution is -2.92. The average molecular weight is 270 g/mol. The van der Waals surface area contributed by atoms with Crippen molar-refractivity contribution in [3.63, 3.8) is 0 Å². The van der Waals surface area contributed by atoms with E-state index in [9.17, 15) is 5.11 Å². The second kappa shape index (κ2) is 8.74. The molecule has 0 aromatic heterocycles. The third-order valence-electron chi connectivity index (χ3n) is 2.98. The maximum Gasteiger partial charge on any atom is 0.137 e. The molecule has 1 aromatic carbocycles. The average Bonchev–Trinajstić information content (AvgIpc) is 2.46. The molecule has 0 aliphatic rings. The fourth-order valence-electron chi connectivity index (χ4n) is 1.67. The number of aliphatic hydroxyl groups is 2. The van der Waals surface area contributed by atoms with E-state index >= 15 is 0 Å². The Bertz CT molecular complexity index is 355. The van der Waals surface area contributed by atoms with Crippen molar-refractivity contribution in [2.45, 2.75) is 25.5 Å². The van der Waals surface area contributed by atoms with Crippen molar-refractivity contribution >= 4 is 0 Å². The molecular weight excluding hydrogens is 246 g/mol. The molecular formula is C14H24NO4+. The summed E-state index contributed by atoms with van der Waals surface area (Å²) in [6.07, 6.45) is 0.312. The first-order chi connectivity index (χ1) is 9.19. The van der Waals surface area contributed by atoms with Gasteiger partial charge in [-0.15, -0.1) is 0 Å². The minimum Gasteiger partial charge on any atom is -0.497 e. The summed E-state index contributed by atoms with van der Waals surface area (Å²) in [5, 5.41) is 20.8. The molecule has 108 valence electrons. The van der Waals surface area contributed by atoms with Gasteiger partial charge >= 0.3 is 0 Å². The molecule has 0 bridgehead atoms. The Labute approximate surface area is 114 Å². The third-order valence-corrected chi connectivity index (χ3v) is 2.98. The van der Waals surface area contributed by atoms with E-state index in [4.69, 9.17) is 14.6 Å². The fourth-order valence-corrected chi connectivity index (χ4v) is 1.67. The van der Waals surface area contributed by atoms with Gasteiger partial charge in [0.1, 0.15) is 36.8 Å². The molecule has 1 aromatic rings. The third kappa shape index (κ3) is 5.92. The normalized spacial score (nSPS) is 13.9. The highest BCUT2D eigenvalue weighted by atomic mass is 16.5.